The van der Waals surface area contributed by atoms with Crippen molar-refractivity contribution >= 4 is 0 Å². The predicted octanol–water partition coefficient (Wildman–Crippen LogP) is 2.93. The summed E-state index contributed by atoms with van der Waals surface area (Å²) in [6.07, 6.45) is 5.52. The first-order valence-corrected chi connectivity index (χ1v) is 6.37. The number of rotatable bonds is 5. The molecule has 0 aliphatic heterocycles. The Balaban J connectivity index is 2.26. The summed E-state index contributed by atoms with van der Waals surface area (Å²) >= 11 is 0. The summed E-state index contributed by atoms with van der Waals surface area (Å²) in [6, 6.07) is 10.5. The number of hydrogen-bond donors (Lipinski definition) is 1. The lowest BCUT2D eigenvalue weighted by molar-refractivity contribution is 0.472. The van der Waals surface area contributed by atoms with E-state index in [0.29, 0.717) is 5.92 Å². The van der Waals surface area contributed by atoms with Crippen molar-refractivity contribution in [3.8, 4) is 0 Å². The zero-order chi connectivity index (χ0) is 12.8. The molecule has 0 saturated carbocycles. The zero-order valence-electron chi connectivity index (χ0n) is 10.9. The van der Waals surface area contributed by atoms with Gasteiger partial charge < -0.3 is 5.32 Å². The molecule has 2 atom stereocenters. The van der Waals surface area contributed by atoms with E-state index in [0.717, 1.165) is 12.2 Å². The van der Waals surface area contributed by atoms with Crippen LogP contribution in [0.3, 0.4) is 0 Å². The lowest BCUT2D eigenvalue weighted by Gasteiger charge is -2.24. The maximum atomic E-state index is 4.45. The minimum Gasteiger partial charge on any atom is -0.310 e. The summed E-state index contributed by atoms with van der Waals surface area (Å²) < 4.78 is 0. The van der Waals surface area contributed by atoms with Crippen molar-refractivity contribution in [2.24, 2.45) is 0 Å². The summed E-state index contributed by atoms with van der Waals surface area (Å²) in [5, 5.41) is 3.53. The van der Waals surface area contributed by atoms with E-state index in [-0.39, 0.29) is 6.04 Å². The molecule has 0 spiro atoms. The zero-order valence-corrected chi connectivity index (χ0v) is 10.9. The summed E-state index contributed by atoms with van der Waals surface area (Å²) in [6.45, 7) is 5.26. The molecule has 0 aromatic carbocycles. The van der Waals surface area contributed by atoms with Gasteiger partial charge in [-0.25, -0.2) is 0 Å². The van der Waals surface area contributed by atoms with Crippen LogP contribution in [0.25, 0.3) is 0 Å². The highest BCUT2D eigenvalue weighted by Gasteiger charge is 2.20. The molecule has 0 aliphatic rings. The lowest BCUT2D eigenvalue weighted by Crippen LogP contribution is -2.26. The van der Waals surface area contributed by atoms with Crippen molar-refractivity contribution in [3.63, 3.8) is 0 Å². The van der Waals surface area contributed by atoms with Crippen molar-refractivity contribution in [2.45, 2.75) is 25.8 Å². The molecule has 18 heavy (non-hydrogen) atoms. The van der Waals surface area contributed by atoms with Crippen LogP contribution in [0.15, 0.2) is 48.9 Å². The molecule has 2 aromatic rings. The van der Waals surface area contributed by atoms with Gasteiger partial charge >= 0.3 is 0 Å². The van der Waals surface area contributed by atoms with Crippen LogP contribution in [0.5, 0.6) is 0 Å². The topological polar surface area (TPSA) is 37.8 Å². The van der Waals surface area contributed by atoms with Crippen LogP contribution in [0.4, 0.5) is 0 Å². The van der Waals surface area contributed by atoms with Crippen LogP contribution in [0.1, 0.15) is 37.1 Å². The molecule has 1 N–H and O–H groups in total. The van der Waals surface area contributed by atoms with Gasteiger partial charge in [-0.1, -0.05) is 19.9 Å². The molecule has 2 aromatic heterocycles. The van der Waals surface area contributed by atoms with Crippen molar-refractivity contribution in [1.82, 2.24) is 15.3 Å². The summed E-state index contributed by atoms with van der Waals surface area (Å²) in [5.41, 5.74) is 2.37. The molecule has 0 fully saturated rings. The standard InChI is InChI=1S/C15H19N3/c1-3-17-15(13-7-10-16-11-8-13)12(2)14-6-4-5-9-18-14/h4-12,15,17H,3H2,1-2H3. The van der Waals surface area contributed by atoms with Crippen molar-refractivity contribution in [2.75, 3.05) is 6.54 Å². The van der Waals surface area contributed by atoms with E-state index < -0.39 is 0 Å². The van der Waals surface area contributed by atoms with Crippen molar-refractivity contribution < 1.29 is 0 Å². The molecule has 2 heterocycles. The summed E-state index contributed by atoms with van der Waals surface area (Å²) in [7, 11) is 0. The van der Waals surface area contributed by atoms with E-state index in [9.17, 15) is 0 Å². The molecule has 0 aliphatic carbocycles. The van der Waals surface area contributed by atoms with Crippen LogP contribution < -0.4 is 5.32 Å². The number of aromatic nitrogens is 2. The van der Waals surface area contributed by atoms with Gasteiger partial charge in [0.05, 0.1) is 0 Å². The number of nitrogens with one attached hydrogen (secondary N) is 1. The third kappa shape index (κ3) is 2.93. The van der Waals surface area contributed by atoms with Crippen molar-refractivity contribution in [1.29, 1.82) is 0 Å². The highest BCUT2D eigenvalue weighted by molar-refractivity contribution is 5.22. The molecule has 2 unspecified atom stereocenters. The van der Waals surface area contributed by atoms with Gasteiger partial charge in [-0.15, -0.1) is 0 Å². The van der Waals surface area contributed by atoms with Gasteiger partial charge in [-0.05, 0) is 36.4 Å². The second kappa shape index (κ2) is 6.26. The smallest absolute Gasteiger partial charge is 0.0450 e. The third-order valence-corrected chi connectivity index (χ3v) is 3.14. The molecule has 0 saturated heterocycles. The van der Waals surface area contributed by atoms with Gasteiger partial charge in [-0.2, -0.15) is 0 Å². The normalized spacial score (nSPS) is 14.1. The van der Waals surface area contributed by atoms with Gasteiger partial charge in [0.1, 0.15) is 0 Å². The molecule has 94 valence electrons. The molecule has 0 radical (unpaired) electrons. The van der Waals surface area contributed by atoms with Gasteiger partial charge in [0, 0.05) is 36.2 Å². The number of pyridine rings is 2. The lowest BCUT2D eigenvalue weighted by atomic mass is 9.92. The summed E-state index contributed by atoms with van der Waals surface area (Å²) in [4.78, 5) is 8.53. The minimum absolute atomic E-state index is 0.271. The Morgan fingerprint density at radius 3 is 2.50 bits per heavy atom. The SMILES string of the molecule is CCNC(c1ccncc1)C(C)c1ccccn1. The van der Waals surface area contributed by atoms with Gasteiger partial charge in [0.25, 0.3) is 0 Å². The first-order chi connectivity index (χ1) is 8.83. The Hall–Kier alpha value is -1.74. The first kappa shape index (κ1) is 12.7. The fourth-order valence-electron chi connectivity index (χ4n) is 2.19. The molecule has 0 bridgehead atoms. The fraction of sp³-hybridized carbons (Fsp3) is 0.333. The molecule has 3 nitrogen and oxygen atoms in total. The Kier molecular flexibility index (Phi) is 4.42. The average Bonchev–Trinajstić information content (AvgIpc) is 2.46. The Morgan fingerprint density at radius 2 is 1.89 bits per heavy atom. The van der Waals surface area contributed by atoms with E-state index in [4.69, 9.17) is 0 Å². The first-order valence-electron chi connectivity index (χ1n) is 6.37. The van der Waals surface area contributed by atoms with Crippen LogP contribution >= 0.6 is 0 Å². The van der Waals surface area contributed by atoms with Crippen LogP contribution in [-0.4, -0.2) is 16.5 Å². The second-order valence-corrected chi connectivity index (χ2v) is 4.36. The van der Waals surface area contributed by atoms with E-state index in [1.807, 2.05) is 30.7 Å². The molecular formula is C15H19N3. The number of nitrogens with zero attached hydrogens (tertiary/aromatic N) is 2. The Morgan fingerprint density at radius 1 is 1.11 bits per heavy atom. The van der Waals surface area contributed by atoms with E-state index >= 15 is 0 Å². The molecular weight excluding hydrogens is 222 g/mol. The summed E-state index contributed by atoms with van der Waals surface area (Å²) in [5.74, 6) is 0.327. The monoisotopic (exact) mass is 241 g/mol. The third-order valence-electron chi connectivity index (χ3n) is 3.14. The second-order valence-electron chi connectivity index (χ2n) is 4.36. The maximum absolute atomic E-state index is 4.45. The average molecular weight is 241 g/mol. The predicted molar refractivity (Wildman–Crippen MR) is 73.3 cm³/mol. The quantitative estimate of drug-likeness (QED) is 0.874. The molecule has 0 amide bonds. The highest BCUT2D eigenvalue weighted by atomic mass is 14.9. The number of likely N-dealkylation sites (N-methyl/N-ethyl adjacent to an activating group) is 1. The molecule has 3 heteroatoms. The largest absolute Gasteiger partial charge is 0.310 e. The maximum Gasteiger partial charge on any atom is 0.0450 e. The van der Waals surface area contributed by atoms with Gasteiger partial charge in [-0.3, -0.25) is 9.97 Å². The van der Waals surface area contributed by atoms with E-state index in [2.05, 4.69) is 47.3 Å². The fourth-order valence-corrected chi connectivity index (χ4v) is 2.19. The van der Waals surface area contributed by atoms with Gasteiger partial charge in [0.2, 0.25) is 0 Å². The van der Waals surface area contributed by atoms with Crippen LogP contribution in [0, 0.1) is 0 Å². The van der Waals surface area contributed by atoms with Crippen LogP contribution in [-0.2, 0) is 0 Å². The number of hydrogen-bond acceptors (Lipinski definition) is 3. The van der Waals surface area contributed by atoms with Crippen molar-refractivity contribution in [3.05, 3.63) is 60.2 Å². The Labute approximate surface area is 108 Å². The van der Waals surface area contributed by atoms with Crippen LogP contribution in [0.2, 0.25) is 0 Å². The Bertz CT molecular complexity index is 456. The van der Waals surface area contributed by atoms with Gasteiger partial charge in [0.15, 0.2) is 0 Å². The molecule has 2 rings (SSSR count). The van der Waals surface area contributed by atoms with E-state index in [1.165, 1.54) is 5.56 Å². The highest BCUT2D eigenvalue weighted by Crippen LogP contribution is 2.28. The minimum atomic E-state index is 0.271. The van der Waals surface area contributed by atoms with E-state index in [1.54, 1.807) is 0 Å².